The highest BCUT2D eigenvalue weighted by molar-refractivity contribution is 14.0. The van der Waals surface area contributed by atoms with Crippen LogP contribution < -0.4 is 20.3 Å². The zero-order valence-electron chi connectivity index (χ0n) is 17.5. The van der Waals surface area contributed by atoms with Crippen molar-refractivity contribution in [3.05, 3.63) is 48.4 Å². The largest absolute Gasteiger partial charge is 0.495 e. The van der Waals surface area contributed by atoms with E-state index >= 15 is 0 Å². The summed E-state index contributed by atoms with van der Waals surface area (Å²) < 4.78 is 10.6. The molecule has 2 heterocycles. The fourth-order valence-electron chi connectivity index (χ4n) is 3.30. The summed E-state index contributed by atoms with van der Waals surface area (Å²) in [4.78, 5) is 21.2. The number of methoxy groups -OCH3 is 1. The van der Waals surface area contributed by atoms with E-state index in [1.165, 1.54) is 6.26 Å². The number of nitrogens with one attached hydrogen (secondary N) is 2. The third kappa shape index (κ3) is 6.28. The van der Waals surface area contributed by atoms with Gasteiger partial charge in [-0.15, -0.1) is 24.0 Å². The zero-order valence-corrected chi connectivity index (χ0v) is 19.8. The third-order valence-corrected chi connectivity index (χ3v) is 4.74. The Hall–Kier alpha value is -2.43. The Labute approximate surface area is 194 Å². The van der Waals surface area contributed by atoms with E-state index in [9.17, 15) is 4.79 Å². The van der Waals surface area contributed by atoms with Crippen molar-refractivity contribution in [3.8, 4) is 5.75 Å². The number of hydrogen-bond donors (Lipinski definition) is 2. The minimum absolute atomic E-state index is 0. The van der Waals surface area contributed by atoms with Gasteiger partial charge >= 0.3 is 0 Å². The van der Waals surface area contributed by atoms with Gasteiger partial charge < -0.3 is 29.6 Å². The average molecular weight is 527 g/mol. The van der Waals surface area contributed by atoms with Crippen molar-refractivity contribution in [2.75, 3.05) is 57.8 Å². The molecule has 1 aromatic carbocycles. The van der Waals surface area contributed by atoms with E-state index in [0.29, 0.717) is 18.8 Å². The number of guanidine groups is 1. The number of halogens is 1. The van der Waals surface area contributed by atoms with Gasteiger partial charge in [-0.1, -0.05) is 12.1 Å². The first-order chi connectivity index (χ1) is 14.2. The number of para-hydroxylation sites is 2. The van der Waals surface area contributed by atoms with Crippen LogP contribution in [0.3, 0.4) is 0 Å². The van der Waals surface area contributed by atoms with E-state index < -0.39 is 0 Å². The van der Waals surface area contributed by atoms with Gasteiger partial charge in [0.1, 0.15) is 5.75 Å². The molecule has 8 nitrogen and oxygen atoms in total. The first-order valence-electron chi connectivity index (χ1n) is 9.96. The summed E-state index contributed by atoms with van der Waals surface area (Å²) in [6.45, 7) is 7.31. The monoisotopic (exact) mass is 527 g/mol. The number of piperazine rings is 1. The Balaban J connectivity index is 0.00000320. The fourth-order valence-corrected chi connectivity index (χ4v) is 3.30. The van der Waals surface area contributed by atoms with Gasteiger partial charge in [0.25, 0.3) is 5.91 Å². The summed E-state index contributed by atoms with van der Waals surface area (Å²) in [7, 11) is 1.70. The standard InChI is InChI=1S/C21H29N5O3.HI/c1-3-22-21(24-11-10-23-20(27)19-9-6-16-29-19)26-14-12-25(13-15-26)17-7-4-5-8-18(17)28-2;/h4-9,16H,3,10-15H2,1-2H3,(H,22,24)(H,23,27);1H. The van der Waals surface area contributed by atoms with Crippen molar-refractivity contribution in [2.24, 2.45) is 4.99 Å². The number of rotatable bonds is 7. The maximum atomic E-state index is 11.9. The van der Waals surface area contributed by atoms with Crippen molar-refractivity contribution in [3.63, 3.8) is 0 Å². The van der Waals surface area contributed by atoms with Crippen molar-refractivity contribution in [1.29, 1.82) is 0 Å². The number of hydrogen-bond acceptors (Lipinski definition) is 5. The van der Waals surface area contributed by atoms with E-state index in [-0.39, 0.29) is 29.9 Å². The highest BCUT2D eigenvalue weighted by Crippen LogP contribution is 2.28. The molecule has 1 aliphatic heterocycles. The maximum Gasteiger partial charge on any atom is 0.287 e. The highest BCUT2D eigenvalue weighted by atomic mass is 127. The smallest absolute Gasteiger partial charge is 0.287 e. The minimum Gasteiger partial charge on any atom is -0.495 e. The van der Waals surface area contributed by atoms with Gasteiger partial charge in [-0.3, -0.25) is 9.79 Å². The van der Waals surface area contributed by atoms with Gasteiger partial charge in [-0.2, -0.15) is 0 Å². The van der Waals surface area contributed by atoms with Gasteiger partial charge in [0.2, 0.25) is 0 Å². The number of carbonyl (C=O) groups is 1. The molecule has 0 spiro atoms. The average Bonchev–Trinajstić information content (AvgIpc) is 3.31. The topological polar surface area (TPSA) is 82.3 Å². The van der Waals surface area contributed by atoms with Crippen molar-refractivity contribution >= 4 is 41.5 Å². The van der Waals surface area contributed by atoms with Crippen LogP contribution in [0.2, 0.25) is 0 Å². The lowest BCUT2D eigenvalue weighted by molar-refractivity contribution is 0.0927. The molecule has 0 aliphatic carbocycles. The van der Waals surface area contributed by atoms with Crippen LogP contribution in [0.15, 0.2) is 52.1 Å². The number of anilines is 1. The fraction of sp³-hybridized carbons (Fsp3) is 0.429. The lowest BCUT2D eigenvalue weighted by Gasteiger charge is -2.38. The van der Waals surface area contributed by atoms with E-state index in [1.807, 2.05) is 18.2 Å². The first-order valence-corrected chi connectivity index (χ1v) is 9.96. The predicted octanol–water partition coefficient (Wildman–Crippen LogP) is 2.42. The summed E-state index contributed by atoms with van der Waals surface area (Å²) in [6, 6.07) is 11.4. The molecule has 0 bridgehead atoms. The lowest BCUT2D eigenvalue weighted by atomic mass is 10.2. The number of amides is 1. The van der Waals surface area contributed by atoms with Crippen LogP contribution in [0.1, 0.15) is 17.5 Å². The third-order valence-electron chi connectivity index (χ3n) is 4.74. The molecule has 164 valence electrons. The molecule has 30 heavy (non-hydrogen) atoms. The van der Waals surface area contributed by atoms with E-state index in [2.05, 4.69) is 38.4 Å². The minimum atomic E-state index is -0.222. The summed E-state index contributed by atoms with van der Waals surface area (Å²) in [6.07, 6.45) is 1.49. The summed E-state index contributed by atoms with van der Waals surface area (Å²) in [5.74, 6) is 1.86. The molecule has 9 heteroatoms. The Bertz CT molecular complexity index is 805. The van der Waals surface area contributed by atoms with Crippen molar-refractivity contribution in [1.82, 2.24) is 15.5 Å². The highest BCUT2D eigenvalue weighted by Gasteiger charge is 2.21. The number of furan rings is 1. The molecule has 1 amide bonds. The second kappa shape index (κ2) is 12.3. The normalized spacial score (nSPS) is 14.1. The quantitative estimate of drug-likeness (QED) is 0.249. The Morgan fingerprint density at radius 3 is 2.57 bits per heavy atom. The van der Waals surface area contributed by atoms with Crippen LogP contribution in [0.4, 0.5) is 5.69 Å². The Kier molecular flexibility index (Phi) is 9.78. The Morgan fingerprint density at radius 2 is 1.90 bits per heavy atom. The second-order valence-electron chi connectivity index (χ2n) is 6.61. The second-order valence-corrected chi connectivity index (χ2v) is 6.61. The number of carbonyl (C=O) groups excluding carboxylic acids is 1. The molecule has 2 aromatic rings. The van der Waals surface area contributed by atoms with Crippen LogP contribution in [0.5, 0.6) is 5.75 Å². The summed E-state index contributed by atoms with van der Waals surface area (Å²) in [5.41, 5.74) is 1.12. The maximum absolute atomic E-state index is 11.9. The van der Waals surface area contributed by atoms with Crippen molar-refractivity contribution in [2.45, 2.75) is 6.92 Å². The molecule has 1 fully saturated rings. The SMILES string of the molecule is CCNC(=NCCNC(=O)c1ccco1)N1CCN(c2ccccc2OC)CC1.I. The van der Waals surface area contributed by atoms with Gasteiger partial charge in [-0.05, 0) is 31.2 Å². The molecule has 1 aliphatic rings. The van der Waals surface area contributed by atoms with Gasteiger partial charge in [-0.25, -0.2) is 0 Å². The predicted molar refractivity (Wildman–Crippen MR) is 129 cm³/mol. The molecule has 1 saturated heterocycles. The van der Waals surface area contributed by atoms with Crippen LogP contribution in [-0.4, -0.2) is 69.7 Å². The molecule has 0 atom stereocenters. The molecular weight excluding hydrogens is 497 g/mol. The van der Waals surface area contributed by atoms with Crippen molar-refractivity contribution < 1.29 is 13.9 Å². The van der Waals surface area contributed by atoms with Crippen LogP contribution in [0.25, 0.3) is 0 Å². The van der Waals surface area contributed by atoms with Crippen LogP contribution in [-0.2, 0) is 0 Å². The molecule has 2 N–H and O–H groups in total. The van der Waals surface area contributed by atoms with Gasteiger partial charge in [0, 0.05) is 39.3 Å². The van der Waals surface area contributed by atoms with Gasteiger partial charge in [0.15, 0.2) is 11.7 Å². The lowest BCUT2D eigenvalue weighted by Crippen LogP contribution is -2.52. The molecule has 0 radical (unpaired) electrons. The number of nitrogens with zero attached hydrogens (tertiary/aromatic N) is 3. The van der Waals surface area contributed by atoms with Gasteiger partial charge in [0.05, 0.1) is 25.6 Å². The van der Waals surface area contributed by atoms with Crippen LogP contribution >= 0.6 is 24.0 Å². The van der Waals surface area contributed by atoms with E-state index in [0.717, 1.165) is 50.1 Å². The van der Waals surface area contributed by atoms with E-state index in [1.54, 1.807) is 19.2 Å². The summed E-state index contributed by atoms with van der Waals surface area (Å²) >= 11 is 0. The van der Waals surface area contributed by atoms with E-state index in [4.69, 9.17) is 9.15 Å². The molecule has 1 aromatic heterocycles. The van der Waals surface area contributed by atoms with Crippen LogP contribution in [0, 0.1) is 0 Å². The first kappa shape index (κ1) is 23.8. The zero-order chi connectivity index (χ0) is 20.5. The number of benzene rings is 1. The molecular formula is C21H30IN5O3. The molecule has 0 unspecified atom stereocenters. The number of aliphatic imine (C=N–C) groups is 1. The Morgan fingerprint density at radius 1 is 1.13 bits per heavy atom. The number of ether oxygens (including phenoxy) is 1. The summed E-state index contributed by atoms with van der Waals surface area (Å²) in [5, 5.41) is 6.17. The molecule has 0 saturated carbocycles. The molecule has 3 rings (SSSR count).